The molecule has 2 aliphatic heterocycles. The van der Waals surface area contributed by atoms with E-state index in [-0.39, 0.29) is 23.3 Å². The molecule has 0 amide bonds. The summed E-state index contributed by atoms with van der Waals surface area (Å²) >= 11 is 1.33. The lowest BCUT2D eigenvalue weighted by Crippen LogP contribution is -2.38. The van der Waals surface area contributed by atoms with Crippen molar-refractivity contribution in [2.75, 3.05) is 18.9 Å². The van der Waals surface area contributed by atoms with Crippen LogP contribution in [-0.4, -0.2) is 71.1 Å². The molecule has 0 bridgehead atoms. The Kier molecular flexibility index (Phi) is 5.66. The number of aliphatic hydroxyl groups excluding tert-OH is 1. The quantitative estimate of drug-likeness (QED) is 0.228. The van der Waals surface area contributed by atoms with Crippen molar-refractivity contribution in [3.63, 3.8) is 0 Å². The molecular weight excluding hydrogens is 483 g/mol. The Hall–Kier alpha value is -2.35. The number of rotatable bonds is 5. The fourth-order valence-electron chi connectivity index (χ4n) is 4.22. The van der Waals surface area contributed by atoms with Crippen molar-refractivity contribution in [3.05, 3.63) is 46.9 Å². The number of H-pyrrole nitrogens is 1. The van der Waals surface area contributed by atoms with Gasteiger partial charge in [-0.2, -0.15) is 4.98 Å². The highest BCUT2D eigenvalue weighted by atomic mass is 32.2. The minimum absolute atomic E-state index is 0.0791. The number of aliphatic hydroxyl groups is 1. The average molecular weight is 504 g/mol. The standard InChI is InChI=1S/C20H21N6O6PS/c21-6-7-34-20-23-13-16(26(20)18-14(27)15-12(31-18)9-30-33(29)32-15)24-19-22-11(8-25(19)17(13)28)10-4-2-1-3-5-10/h1-5,8,12,14-15,18,27,29H,6-7,9,21H2,(H,22,24). The maximum absolute atomic E-state index is 13.4. The van der Waals surface area contributed by atoms with Crippen LogP contribution in [0.15, 0.2) is 46.5 Å². The first-order chi connectivity index (χ1) is 16.5. The Bertz CT molecular complexity index is 1410. The third kappa shape index (κ3) is 3.56. The van der Waals surface area contributed by atoms with Gasteiger partial charge in [0.25, 0.3) is 5.56 Å². The van der Waals surface area contributed by atoms with Gasteiger partial charge in [-0.3, -0.25) is 9.36 Å². The SMILES string of the molecule is NCCSc1nc2c(=O)n3cc(-c4ccccc4)[nH]c3nc2n1C1OC2COP(O)OC2C1O. The Balaban J connectivity index is 1.50. The summed E-state index contributed by atoms with van der Waals surface area (Å²) in [5, 5.41) is 11.5. The van der Waals surface area contributed by atoms with E-state index in [1.807, 2.05) is 30.3 Å². The normalized spacial score (nSPS) is 27.0. The van der Waals surface area contributed by atoms with Crippen LogP contribution >= 0.6 is 20.4 Å². The summed E-state index contributed by atoms with van der Waals surface area (Å²) in [6, 6.07) is 9.59. The Labute approximate surface area is 197 Å². The van der Waals surface area contributed by atoms with Crippen molar-refractivity contribution < 1.29 is 23.8 Å². The lowest BCUT2D eigenvalue weighted by atomic mass is 10.1. The van der Waals surface area contributed by atoms with E-state index in [2.05, 4.69) is 15.0 Å². The first-order valence-corrected chi connectivity index (χ1v) is 12.7. The van der Waals surface area contributed by atoms with E-state index < -0.39 is 33.1 Å². The van der Waals surface area contributed by atoms with E-state index in [4.69, 9.17) is 19.5 Å². The van der Waals surface area contributed by atoms with Crippen molar-refractivity contribution in [2.24, 2.45) is 5.73 Å². The van der Waals surface area contributed by atoms with Crippen molar-refractivity contribution in [1.82, 2.24) is 23.9 Å². The van der Waals surface area contributed by atoms with E-state index in [1.165, 1.54) is 16.2 Å². The molecule has 6 rings (SSSR count). The molecule has 5 unspecified atom stereocenters. The molecule has 0 saturated carbocycles. The van der Waals surface area contributed by atoms with Gasteiger partial charge in [-0.05, 0) is 5.56 Å². The minimum atomic E-state index is -2.09. The van der Waals surface area contributed by atoms with Crippen LogP contribution in [0.1, 0.15) is 6.23 Å². The number of aromatic nitrogens is 5. The average Bonchev–Trinajstić information content (AvgIpc) is 3.53. The van der Waals surface area contributed by atoms with Crippen molar-refractivity contribution in [1.29, 1.82) is 0 Å². The molecule has 0 radical (unpaired) electrons. The molecule has 0 aliphatic carbocycles. The highest BCUT2D eigenvalue weighted by molar-refractivity contribution is 7.99. The van der Waals surface area contributed by atoms with Crippen LogP contribution in [0.25, 0.3) is 28.2 Å². The number of hydrogen-bond acceptors (Lipinski definition) is 10. The van der Waals surface area contributed by atoms with Gasteiger partial charge in [0.15, 0.2) is 22.5 Å². The van der Waals surface area contributed by atoms with Gasteiger partial charge in [-0.25, -0.2) is 9.38 Å². The smallest absolute Gasteiger partial charge is 0.330 e. The first kappa shape index (κ1) is 22.1. The van der Waals surface area contributed by atoms with Crippen LogP contribution in [0.5, 0.6) is 0 Å². The van der Waals surface area contributed by atoms with Crippen LogP contribution in [0.4, 0.5) is 0 Å². The summed E-state index contributed by atoms with van der Waals surface area (Å²) in [4.78, 5) is 35.5. The minimum Gasteiger partial charge on any atom is -0.386 e. The summed E-state index contributed by atoms with van der Waals surface area (Å²) in [5.41, 5.74) is 7.38. The second-order valence-electron chi connectivity index (χ2n) is 7.88. The molecule has 2 saturated heterocycles. The predicted molar refractivity (Wildman–Crippen MR) is 124 cm³/mol. The summed E-state index contributed by atoms with van der Waals surface area (Å²) in [6.07, 6.45) is -1.75. The molecular formula is C20H21N6O6PS. The second-order valence-corrected chi connectivity index (χ2v) is 9.88. The molecule has 5 N–H and O–H groups in total. The van der Waals surface area contributed by atoms with Crippen LogP contribution < -0.4 is 11.3 Å². The zero-order valence-electron chi connectivity index (χ0n) is 17.6. The number of thioether (sulfide) groups is 1. The molecule has 3 aromatic heterocycles. The number of benzene rings is 1. The van der Waals surface area contributed by atoms with Gasteiger partial charge in [0.05, 0.1) is 12.3 Å². The van der Waals surface area contributed by atoms with Crippen molar-refractivity contribution in [3.8, 4) is 11.3 Å². The highest BCUT2D eigenvalue weighted by Gasteiger charge is 2.50. The van der Waals surface area contributed by atoms with Gasteiger partial charge in [0, 0.05) is 18.5 Å². The van der Waals surface area contributed by atoms with Gasteiger partial charge in [0.1, 0.15) is 18.3 Å². The van der Waals surface area contributed by atoms with E-state index >= 15 is 0 Å². The third-order valence-corrected chi connectivity index (χ3v) is 7.56. The maximum Gasteiger partial charge on any atom is 0.330 e. The number of imidazole rings is 2. The van der Waals surface area contributed by atoms with Gasteiger partial charge >= 0.3 is 8.60 Å². The molecule has 0 spiro atoms. The third-order valence-electron chi connectivity index (χ3n) is 5.78. The summed E-state index contributed by atoms with van der Waals surface area (Å²) < 4.78 is 19.6. The highest BCUT2D eigenvalue weighted by Crippen LogP contribution is 2.47. The van der Waals surface area contributed by atoms with Gasteiger partial charge in [-0.15, -0.1) is 0 Å². The lowest BCUT2D eigenvalue weighted by Gasteiger charge is -2.27. The fraction of sp³-hybridized carbons (Fsp3) is 0.350. The van der Waals surface area contributed by atoms with Gasteiger partial charge in [-0.1, -0.05) is 42.1 Å². The number of fused-ring (bicyclic) bond motifs is 3. The molecule has 2 fully saturated rings. The number of nitrogens with zero attached hydrogens (tertiary/aromatic N) is 4. The molecule has 178 valence electrons. The largest absolute Gasteiger partial charge is 0.386 e. The molecule has 5 atom stereocenters. The summed E-state index contributed by atoms with van der Waals surface area (Å²) in [6.45, 7) is 0.475. The molecule has 4 aromatic rings. The summed E-state index contributed by atoms with van der Waals surface area (Å²) in [5.74, 6) is 0.869. The fourth-order valence-corrected chi connectivity index (χ4v) is 5.81. The monoisotopic (exact) mass is 504 g/mol. The van der Waals surface area contributed by atoms with E-state index in [0.29, 0.717) is 23.2 Å². The van der Waals surface area contributed by atoms with Crippen LogP contribution in [0, 0.1) is 0 Å². The Morgan fingerprint density at radius 1 is 1.29 bits per heavy atom. The predicted octanol–water partition coefficient (Wildman–Crippen LogP) is 0.983. The molecule has 5 heterocycles. The second kappa shape index (κ2) is 8.70. The molecule has 34 heavy (non-hydrogen) atoms. The zero-order valence-corrected chi connectivity index (χ0v) is 19.4. The number of hydrogen-bond donors (Lipinski definition) is 4. The van der Waals surface area contributed by atoms with Crippen molar-refractivity contribution in [2.45, 2.75) is 29.7 Å². The number of nitrogens with one attached hydrogen (secondary N) is 1. The zero-order chi connectivity index (χ0) is 23.4. The lowest BCUT2D eigenvalue weighted by molar-refractivity contribution is -0.0614. The number of ether oxygens (including phenoxy) is 1. The molecule has 1 aromatic carbocycles. The molecule has 2 aliphatic rings. The van der Waals surface area contributed by atoms with Crippen LogP contribution in [0.2, 0.25) is 0 Å². The number of aromatic amines is 1. The Morgan fingerprint density at radius 2 is 2.12 bits per heavy atom. The van der Waals surface area contributed by atoms with Crippen LogP contribution in [0.3, 0.4) is 0 Å². The van der Waals surface area contributed by atoms with E-state index in [1.54, 1.807) is 10.8 Å². The van der Waals surface area contributed by atoms with E-state index in [0.717, 1.165) is 11.3 Å². The summed E-state index contributed by atoms with van der Waals surface area (Å²) in [7, 11) is -2.09. The number of nitrogens with two attached hydrogens (primary N) is 1. The molecule has 14 heteroatoms. The van der Waals surface area contributed by atoms with Gasteiger partial charge in [0.2, 0.25) is 5.78 Å². The van der Waals surface area contributed by atoms with Crippen LogP contribution in [-0.2, 0) is 13.8 Å². The first-order valence-electron chi connectivity index (χ1n) is 10.6. The van der Waals surface area contributed by atoms with Crippen molar-refractivity contribution >= 4 is 37.3 Å². The maximum atomic E-state index is 13.4. The van der Waals surface area contributed by atoms with E-state index in [9.17, 15) is 14.8 Å². The van der Waals surface area contributed by atoms with Gasteiger partial charge < -0.3 is 34.5 Å². The molecule has 12 nitrogen and oxygen atoms in total. The topological polar surface area (TPSA) is 162 Å². The Morgan fingerprint density at radius 3 is 2.91 bits per heavy atom.